The lowest BCUT2D eigenvalue weighted by atomic mass is 10.2. The van der Waals surface area contributed by atoms with Crippen molar-refractivity contribution in [2.45, 2.75) is 13.8 Å². The van der Waals surface area contributed by atoms with Crippen LogP contribution in [-0.4, -0.2) is 18.5 Å². The molecule has 0 heterocycles. The zero-order valence-electron chi connectivity index (χ0n) is 7.00. The second-order valence-electron chi connectivity index (χ2n) is 2.03. The Hall–Kier alpha value is -1.18. The predicted octanol–water partition coefficient (Wildman–Crippen LogP) is 1.78. The van der Waals surface area contributed by atoms with E-state index in [1.54, 1.807) is 12.3 Å². The van der Waals surface area contributed by atoms with E-state index >= 15 is 0 Å². The third-order valence-corrected chi connectivity index (χ3v) is 1.17. The normalized spacial score (nSPS) is 12.0. The van der Waals surface area contributed by atoms with E-state index in [9.17, 15) is 4.79 Å². The van der Waals surface area contributed by atoms with Gasteiger partial charge in [-0.1, -0.05) is 12.7 Å². The standard InChI is InChI=1S/C9H13NO/c1-4-9(8(3)11)6-7-10-5-2/h4,6-7H,1,5H2,2-3H3/b9-6+,10-7-. The van der Waals surface area contributed by atoms with Crippen molar-refractivity contribution in [3.05, 3.63) is 24.3 Å². The summed E-state index contributed by atoms with van der Waals surface area (Å²) in [4.78, 5) is 14.7. The van der Waals surface area contributed by atoms with Crippen LogP contribution in [0.25, 0.3) is 0 Å². The maximum absolute atomic E-state index is 10.8. The van der Waals surface area contributed by atoms with E-state index in [2.05, 4.69) is 11.6 Å². The van der Waals surface area contributed by atoms with Crippen LogP contribution in [0.3, 0.4) is 0 Å². The molecule has 11 heavy (non-hydrogen) atoms. The van der Waals surface area contributed by atoms with Gasteiger partial charge < -0.3 is 0 Å². The summed E-state index contributed by atoms with van der Waals surface area (Å²) in [6.45, 7) is 7.69. The summed E-state index contributed by atoms with van der Waals surface area (Å²) in [5, 5.41) is 0. The highest BCUT2D eigenvalue weighted by Crippen LogP contribution is 1.94. The van der Waals surface area contributed by atoms with Crippen molar-refractivity contribution in [2.75, 3.05) is 6.54 Å². The predicted molar refractivity (Wildman–Crippen MR) is 48.0 cm³/mol. The van der Waals surface area contributed by atoms with Crippen molar-refractivity contribution in [1.29, 1.82) is 0 Å². The Morgan fingerprint density at radius 3 is 2.64 bits per heavy atom. The molecular formula is C9H13NO. The number of hydrogen-bond donors (Lipinski definition) is 0. The Balaban J connectivity index is 4.24. The summed E-state index contributed by atoms with van der Waals surface area (Å²) in [5.74, 6) is 0.0163. The topological polar surface area (TPSA) is 29.4 Å². The van der Waals surface area contributed by atoms with Gasteiger partial charge in [0.05, 0.1) is 0 Å². The molecule has 0 saturated carbocycles. The van der Waals surface area contributed by atoms with Crippen molar-refractivity contribution >= 4 is 12.0 Å². The van der Waals surface area contributed by atoms with Gasteiger partial charge in [0, 0.05) is 18.3 Å². The summed E-state index contributed by atoms with van der Waals surface area (Å²) in [6.07, 6.45) is 4.82. The summed E-state index contributed by atoms with van der Waals surface area (Å²) in [6, 6.07) is 0. The summed E-state index contributed by atoms with van der Waals surface area (Å²) >= 11 is 0. The minimum atomic E-state index is 0.0163. The molecule has 2 nitrogen and oxygen atoms in total. The molecule has 0 unspecified atom stereocenters. The molecule has 0 bridgehead atoms. The third kappa shape index (κ3) is 4.25. The Kier molecular flexibility index (Phi) is 4.99. The van der Waals surface area contributed by atoms with Crippen LogP contribution in [0.1, 0.15) is 13.8 Å². The molecule has 0 aromatic carbocycles. The van der Waals surface area contributed by atoms with Crippen molar-refractivity contribution in [3.8, 4) is 0 Å². The van der Waals surface area contributed by atoms with Crippen LogP contribution >= 0.6 is 0 Å². The molecule has 0 rings (SSSR count). The van der Waals surface area contributed by atoms with Crippen LogP contribution in [0.15, 0.2) is 29.3 Å². The highest BCUT2D eigenvalue weighted by Gasteiger charge is 1.94. The van der Waals surface area contributed by atoms with E-state index in [4.69, 9.17) is 0 Å². The lowest BCUT2D eigenvalue weighted by Crippen LogP contribution is -1.92. The second kappa shape index (κ2) is 5.59. The van der Waals surface area contributed by atoms with Crippen LogP contribution in [0, 0.1) is 0 Å². The maximum Gasteiger partial charge on any atom is 0.159 e. The minimum absolute atomic E-state index is 0.0163. The first-order valence-corrected chi connectivity index (χ1v) is 3.55. The van der Waals surface area contributed by atoms with Crippen LogP contribution in [0.4, 0.5) is 0 Å². The smallest absolute Gasteiger partial charge is 0.159 e. The monoisotopic (exact) mass is 151 g/mol. The number of nitrogens with zero attached hydrogens (tertiary/aromatic N) is 1. The molecule has 0 saturated heterocycles. The SMILES string of the molecule is C=C/C(=C\C=N/CC)C(C)=O. The molecule has 0 aromatic rings. The van der Waals surface area contributed by atoms with Gasteiger partial charge >= 0.3 is 0 Å². The Bertz CT molecular complexity index is 202. The van der Waals surface area contributed by atoms with E-state index in [1.807, 2.05) is 6.92 Å². The molecule has 0 atom stereocenters. The van der Waals surface area contributed by atoms with Crippen molar-refractivity contribution in [2.24, 2.45) is 4.99 Å². The first-order chi connectivity index (χ1) is 5.22. The van der Waals surface area contributed by atoms with E-state index < -0.39 is 0 Å². The summed E-state index contributed by atoms with van der Waals surface area (Å²) in [7, 11) is 0. The number of carbonyl (C=O) groups is 1. The first kappa shape index (κ1) is 9.82. The van der Waals surface area contributed by atoms with Crippen LogP contribution in [-0.2, 0) is 4.79 Å². The molecule has 0 fully saturated rings. The fraction of sp³-hybridized carbons (Fsp3) is 0.333. The van der Waals surface area contributed by atoms with Gasteiger partial charge in [-0.25, -0.2) is 0 Å². The van der Waals surface area contributed by atoms with Crippen LogP contribution in [0.5, 0.6) is 0 Å². The largest absolute Gasteiger partial charge is 0.295 e. The molecule has 0 aliphatic heterocycles. The van der Waals surface area contributed by atoms with Gasteiger partial charge in [0.2, 0.25) is 0 Å². The van der Waals surface area contributed by atoms with E-state index in [0.717, 1.165) is 6.54 Å². The minimum Gasteiger partial charge on any atom is -0.295 e. The number of allylic oxidation sites excluding steroid dienone is 3. The van der Waals surface area contributed by atoms with Gasteiger partial charge in [0.25, 0.3) is 0 Å². The fourth-order valence-corrected chi connectivity index (χ4v) is 0.568. The molecule has 0 N–H and O–H groups in total. The van der Waals surface area contributed by atoms with Crippen LogP contribution < -0.4 is 0 Å². The average Bonchev–Trinajstić information content (AvgIpc) is 1.97. The summed E-state index contributed by atoms with van der Waals surface area (Å²) in [5.41, 5.74) is 0.599. The molecule has 2 heteroatoms. The number of aliphatic imine (C=N–C) groups is 1. The number of Topliss-reactive ketones (excluding diaryl/α,β-unsaturated/α-hetero) is 1. The Labute approximate surface area is 67.3 Å². The average molecular weight is 151 g/mol. The van der Waals surface area contributed by atoms with E-state index in [-0.39, 0.29) is 5.78 Å². The van der Waals surface area contributed by atoms with Crippen LogP contribution in [0.2, 0.25) is 0 Å². The lowest BCUT2D eigenvalue weighted by Gasteiger charge is -1.89. The van der Waals surface area contributed by atoms with Gasteiger partial charge in [0.15, 0.2) is 5.78 Å². The number of ketones is 1. The lowest BCUT2D eigenvalue weighted by molar-refractivity contribution is -0.113. The first-order valence-electron chi connectivity index (χ1n) is 3.55. The zero-order chi connectivity index (χ0) is 8.69. The Morgan fingerprint density at radius 2 is 2.27 bits per heavy atom. The molecule has 0 radical (unpaired) electrons. The molecule has 60 valence electrons. The molecule has 0 aromatic heterocycles. The molecule has 0 spiro atoms. The van der Waals surface area contributed by atoms with Gasteiger partial charge in [-0.3, -0.25) is 9.79 Å². The van der Waals surface area contributed by atoms with Gasteiger partial charge in [-0.2, -0.15) is 0 Å². The quantitative estimate of drug-likeness (QED) is 0.342. The molecule has 0 aliphatic carbocycles. The Morgan fingerprint density at radius 1 is 1.64 bits per heavy atom. The highest BCUT2D eigenvalue weighted by atomic mass is 16.1. The van der Waals surface area contributed by atoms with E-state index in [0.29, 0.717) is 5.57 Å². The van der Waals surface area contributed by atoms with E-state index in [1.165, 1.54) is 13.0 Å². The number of rotatable bonds is 4. The van der Waals surface area contributed by atoms with Crippen molar-refractivity contribution < 1.29 is 4.79 Å². The van der Waals surface area contributed by atoms with Gasteiger partial charge in [-0.15, -0.1) is 0 Å². The van der Waals surface area contributed by atoms with Crippen molar-refractivity contribution in [3.63, 3.8) is 0 Å². The molecular weight excluding hydrogens is 138 g/mol. The molecule has 0 aliphatic rings. The van der Waals surface area contributed by atoms with Crippen molar-refractivity contribution in [1.82, 2.24) is 0 Å². The summed E-state index contributed by atoms with van der Waals surface area (Å²) < 4.78 is 0. The zero-order valence-corrected chi connectivity index (χ0v) is 7.00. The van der Waals surface area contributed by atoms with Gasteiger partial charge in [-0.05, 0) is 19.9 Å². The second-order valence-corrected chi connectivity index (χ2v) is 2.03. The third-order valence-electron chi connectivity index (χ3n) is 1.17. The highest BCUT2D eigenvalue weighted by molar-refractivity contribution is 5.99. The number of carbonyl (C=O) groups excluding carboxylic acids is 1. The molecule has 0 amide bonds. The maximum atomic E-state index is 10.8. The van der Waals surface area contributed by atoms with Gasteiger partial charge in [0.1, 0.15) is 0 Å². The fourth-order valence-electron chi connectivity index (χ4n) is 0.568. The number of hydrogen-bond acceptors (Lipinski definition) is 2.